The molecule has 0 aromatic heterocycles. The van der Waals surface area contributed by atoms with Gasteiger partial charge in [-0.2, -0.15) is 0 Å². The molecule has 0 amide bonds. The Kier molecular flexibility index (Phi) is 11.0. The first kappa shape index (κ1) is 16.9. The quantitative estimate of drug-likeness (QED) is 0.505. The molecular formula is C15H31O2. The number of ether oxygens (including phenoxy) is 2. The van der Waals surface area contributed by atoms with Crippen molar-refractivity contribution in [3.05, 3.63) is 5.92 Å². The Labute approximate surface area is 108 Å². The largest absolute Gasteiger partial charge is 0.382 e. The molecule has 17 heavy (non-hydrogen) atoms. The van der Waals surface area contributed by atoms with Gasteiger partial charge in [0.15, 0.2) is 0 Å². The van der Waals surface area contributed by atoms with Crippen LogP contribution in [0.2, 0.25) is 0 Å². The molecule has 0 bridgehead atoms. The zero-order valence-corrected chi connectivity index (χ0v) is 12.4. The molecule has 0 saturated heterocycles. The third-order valence-corrected chi connectivity index (χ3v) is 3.37. The highest BCUT2D eigenvalue weighted by molar-refractivity contribution is 4.95. The van der Waals surface area contributed by atoms with Crippen molar-refractivity contribution in [2.45, 2.75) is 66.4 Å². The Balaban J connectivity index is 3.61. The average Bonchev–Trinajstić information content (AvgIpc) is 2.34. The summed E-state index contributed by atoms with van der Waals surface area (Å²) >= 11 is 0. The first-order chi connectivity index (χ1) is 8.13. The minimum absolute atomic E-state index is 0.303. The molecule has 0 aromatic rings. The molecule has 1 radical (unpaired) electrons. The average molecular weight is 243 g/mol. The van der Waals surface area contributed by atoms with Gasteiger partial charge >= 0.3 is 0 Å². The zero-order valence-electron chi connectivity index (χ0n) is 12.4. The molecule has 0 saturated carbocycles. The maximum Gasteiger partial charge on any atom is 0.0609 e. The second-order valence-corrected chi connectivity index (χ2v) is 4.85. The van der Waals surface area contributed by atoms with Crippen LogP contribution < -0.4 is 0 Å². The van der Waals surface area contributed by atoms with E-state index < -0.39 is 0 Å². The van der Waals surface area contributed by atoms with Crippen LogP contribution in [0.5, 0.6) is 0 Å². The number of unbranched alkanes of at least 4 members (excludes halogenated alkanes) is 1. The van der Waals surface area contributed by atoms with E-state index in [1.54, 1.807) is 0 Å². The summed E-state index contributed by atoms with van der Waals surface area (Å²) in [6.45, 7) is 13.5. The van der Waals surface area contributed by atoms with E-state index in [-0.39, 0.29) is 0 Å². The summed E-state index contributed by atoms with van der Waals surface area (Å²) in [7, 11) is 0. The van der Waals surface area contributed by atoms with Gasteiger partial charge in [-0.25, -0.2) is 0 Å². The molecule has 103 valence electrons. The van der Waals surface area contributed by atoms with E-state index in [1.807, 2.05) is 6.92 Å². The molecule has 0 fully saturated rings. The van der Waals surface area contributed by atoms with Gasteiger partial charge in [0, 0.05) is 25.7 Å². The molecule has 2 atom stereocenters. The minimum atomic E-state index is 0.303. The molecule has 0 aliphatic heterocycles. The van der Waals surface area contributed by atoms with Gasteiger partial charge in [0.25, 0.3) is 0 Å². The Morgan fingerprint density at radius 3 is 2.35 bits per heavy atom. The van der Waals surface area contributed by atoms with Crippen molar-refractivity contribution < 1.29 is 9.47 Å². The van der Waals surface area contributed by atoms with Crippen LogP contribution in [0.3, 0.4) is 0 Å². The van der Waals surface area contributed by atoms with Crippen molar-refractivity contribution in [2.24, 2.45) is 5.92 Å². The molecule has 2 unspecified atom stereocenters. The lowest BCUT2D eigenvalue weighted by atomic mass is 9.87. The van der Waals surface area contributed by atoms with Crippen molar-refractivity contribution in [1.82, 2.24) is 0 Å². The van der Waals surface area contributed by atoms with Crippen LogP contribution in [0, 0.1) is 11.8 Å². The van der Waals surface area contributed by atoms with Gasteiger partial charge < -0.3 is 9.47 Å². The van der Waals surface area contributed by atoms with E-state index in [2.05, 4.69) is 27.7 Å². The van der Waals surface area contributed by atoms with Gasteiger partial charge in [-0.3, -0.25) is 0 Å². The number of hydrogen-bond donors (Lipinski definition) is 0. The topological polar surface area (TPSA) is 18.5 Å². The molecular weight excluding hydrogens is 212 g/mol. The predicted octanol–water partition coefficient (Wildman–Crippen LogP) is 4.24. The Morgan fingerprint density at radius 1 is 1.06 bits per heavy atom. The zero-order chi connectivity index (χ0) is 13.1. The fourth-order valence-electron chi connectivity index (χ4n) is 1.85. The Bertz CT molecular complexity index is 159. The van der Waals surface area contributed by atoms with Gasteiger partial charge in [0.05, 0.1) is 6.10 Å². The Hall–Kier alpha value is -0.0800. The third-order valence-electron chi connectivity index (χ3n) is 3.37. The lowest BCUT2D eigenvalue weighted by molar-refractivity contribution is 0.0658. The van der Waals surface area contributed by atoms with E-state index in [0.717, 1.165) is 26.2 Å². The summed E-state index contributed by atoms with van der Waals surface area (Å²) < 4.78 is 11.1. The smallest absolute Gasteiger partial charge is 0.0609 e. The highest BCUT2D eigenvalue weighted by atomic mass is 16.5. The van der Waals surface area contributed by atoms with Gasteiger partial charge in [-0.15, -0.1) is 0 Å². The molecule has 0 rings (SSSR count). The molecule has 2 heteroatoms. The first-order valence-electron chi connectivity index (χ1n) is 7.16. The second kappa shape index (κ2) is 11.0. The second-order valence-electron chi connectivity index (χ2n) is 4.85. The van der Waals surface area contributed by atoms with E-state index in [4.69, 9.17) is 9.47 Å². The maximum atomic E-state index is 5.76. The van der Waals surface area contributed by atoms with Crippen molar-refractivity contribution in [1.29, 1.82) is 0 Å². The van der Waals surface area contributed by atoms with Gasteiger partial charge in [0.1, 0.15) is 0 Å². The third kappa shape index (κ3) is 8.62. The van der Waals surface area contributed by atoms with E-state index in [1.165, 1.54) is 25.2 Å². The SMILES string of the molecule is CCCOC(C)[C](C)C(C)CCCCOCC. The monoisotopic (exact) mass is 243 g/mol. The van der Waals surface area contributed by atoms with Crippen molar-refractivity contribution in [3.8, 4) is 0 Å². The highest BCUT2D eigenvalue weighted by Crippen LogP contribution is 2.24. The van der Waals surface area contributed by atoms with E-state index in [0.29, 0.717) is 12.0 Å². The van der Waals surface area contributed by atoms with Gasteiger partial charge in [0.2, 0.25) is 0 Å². The molecule has 2 nitrogen and oxygen atoms in total. The molecule has 0 aromatic carbocycles. The minimum Gasteiger partial charge on any atom is -0.382 e. The molecule has 0 aliphatic rings. The van der Waals surface area contributed by atoms with E-state index >= 15 is 0 Å². The molecule has 0 spiro atoms. The fourth-order valence-corrected chi connectivity index (χ4v) is 1.85. The molecule has 0 aliphatic carbocycles. The number of hydrogen-bond acceptors (Lipinski definition) is 2. The normalized spacial score (nSPS) is 15.2. The maximum absolute atomic E-state index is 5.76. The van der Waals surface area contributed by atoms with Crippen LogP contribution in [0.1, 0.15) is 60.3 Å². The highest BCUT2D eigenvalue weighted by Gasteiger charge is 2.19. The van der Waals surface area contributed by atoms with E-state index in [9.17, 15) is 0 Å². The summed E-state index contributed by atoms with van der Waals surface area (Å²) in [5.74, 6) is 2.14. The summed E-state index contributed by atoms with van der Waals surface area (Å²) in [4.78, 5) is 0. The van der Waals surface area contributed by atoms with Crippen LogP contribution in [-0.2, 0) is 9.47 Å². The van der Waals surface area contributed by atoms with Crippen molar-refractivity contribution in [2.75, 3.05) is 19.8 Å². The summed E-state index contributed by atoms with van der Waals surface area (Å²) in [6, 6.07) is 0. The van der Waals surface area contributed by atoms with Crippen molar-refractivity contribution in [3.63, 3.8) is 0 Å². The van der Waals surface area contributed by atoms with Crippen LogP contribution >= 0.6 is 0 Å². The van der Waals surface area contributed by atoms with Crippen molar-refractivity contribution >= 4 is 0 Å². The van der Waals surface area contributed by atoms with Crippen LogP contribution in [-0.4, -0.2) is 25.9 Å². The van der Waals surface area contributed by atoms with Gasteiger partial charge in [-0.05, 0) is 39.0 Å². The lowest BCUT2D eigenvalue weighted by Gasteiger charge is -2.25. The Morgan fingerprint density at radius 2 is 1.76 bits per heavy atom. The van der Waals surface area contributed by atoms with Gasteiger partial charge in [-0.1, -0.05) is 27.2 Å². The first-order valence-corrected chi connectivity index (χ1v) is 7.16. The molecule has 0 heterocycles. The number of rotatable bonds is 11. The standard InChI is InChI=1S/C15H31O2/c1-6-11-17-15(5)14(4)13(3)10-8-9-12-16-7-2/h13,15H,6-12H2,1-5H3. The summed E-state index contributed by atoms with van der Waals surface area (Å²) in [6.07, 6.45) is 5.07. The van der Waals surface area contributed by atoms with Crippen LogP contribution in [0.4, 0.5) is 0 Å². The van der Waals surface area contributed by atoms with Crippen LogP contribution in [0.15, 0.2) is 0 Å². The lowest BCUT2D eigenvalue weighted by Crippen LogP contribution is -2.22. The summed E-state index contributed by atoms with van der Waals surface area (Å²) in [5, 5.41) is 0. The summed E-state index contributed by atoms with van der Waals surface area (Å²) in [5.41, 5.74) is 0. The predicted molar refractivity (Wildman–Crippen MR) is 74.1 cm³/mol. The molecule has 0 N–H and O–H groups in total. The van der Waals surface area contributed by atoms with Crippen LogP contribution in [0.25, 0.3) is 0 Å². The fraction of sp³-hybridized carbons (Fsp3) is 0.933.